The second-order valence-corrected chi connectivity index (χ2v) is 5.18. The second kappa shape index (κ2) is 6.24. The Balaban J connectivity index is 1.93. The summed E-state index contributed by atoms with van der Waals surface area (Å²) in [7, 11) is 0. The van der Waals surface area contributed by atoms with Crippen LogP contribution < -0.4 is 5.32 Å². The van der Waals surface area contributed by atoms with Gasteiger partial charge >= 0.3 is 6.18 Å². The quantitative estimate of drug-likeness (QED) is 0.912. The van der Waals surface area contributed by atoms with Crippen LogP contribution in [-0.2, 0) is 11.0 Å². The summed E-state index contributed by atoms with van der Waals surface area (Å²) >= 11 is 0. The first-order chi connectivity index (χ1) is 9.45. The molecule has 3 nitrogen and oxygen atoms in total. The van der Waals surface area contributed by atoms with Gasteiger partial charge in [0.1, 0.15) is 5.82 Å². The topological polar surface area (TPSA) is 42.0 Å². The monoisotopic (exact) mass is 286 g/mol. The first-order valence-corrected chi connectivity index (χ1v) is 6.78. The van der Waals surface area contributed by atoms with Crippen LogP contribution in [-0.4, -0.2) is 10.9 Å². The second-order valence-electron chi connectivity index (χ2n) is 5.18. The van der Waals surface area contributed by atoms with E-state index in [0.717, 1.165) is 44.0 Å². The molecule has 0 saturated heterocycles. The summed E-state index contributed by atoms with van der Waals surface area (Å²) in [5.74, 6) is 0.0407. The van der Waals surface area contributed by atoms with Crippen molar-refractivity contribution in [1.29, 1.82) is 0 Å². The van der Waals surface area contributed by atoms with Gasteiger partial charge in [-0.15, -0.1) is 0 Å². The van der Waals surface area contributed by atoms with Gasteiger partial charge in [-0.2, -0.15) is 13.2 Å². The molecule has 1 aliphatic rings. The Morgan fingerprint density at radius 3 is 2.65 bits per heavy atom. The molecule has 1 aromatic rings. The number of carbonyl (C=O) groups excluding carboxylic acids is 1. The third kappa shape index (κ3) is 4.21. The van der Waals surface area contributed by atoms with Crippen molar-refractivity contribution in [3.05, 3.63) is 23.9 Å². The highest BCUT2D eigenvalue weighted by molar-refractivity contribution is 5.89. The van der Waals surface area contributed by atoms with E-state index in [1.807, 2.05) is 0 Å². The molecule has 1 saturated carbocycles. The lowest BCUT2D eigenvalue weighted by atomic mass is 9.87. The molecule has 0 aromatic carbocycles. The van der Waals surface area contributed by atoms with E-state index in [4.69, 9.17) is 0 Å². The number of nitrogens with one attached hydrogen (secondary N) is 1. The molecule has 1 aromatic heterocycles. The predicted molar refractivity (Wildman–Crippen MR) is 69.1 cm³/mol. The average Bonchev–Trinajstić information content (AvgIpc) is 2.39. The van der Waals surface area contributed by atoms with E-state index in [2.05, 4.69) is 10.3 Å². The van der Waals surface area contributed by atoms with Crippen LogP contribution in [0, 0.1) is 5.92 Å². The van der Waals surface area contributed by atoms with Gasteiger partial charge in [-0.1, -0.05) is 19.3 Å². The number of nitrogens with zero attached hydrogens (tertiary/aromatic N) is 1. The number of pyridine rings is 1. The zero-order chi connectivity index (χ0) is 14.6. The number of carbonyl (C=O) groups is 1. The molecule has 1 N–H and O–H groups in total. The minimum atomic E-state index is -4.42. The molecule has 1 aliphatic carbocycles. The standard InChI is InChI=1S/C14H17F3N2O/c15-14(16,17)11-6-7-18-12(9-11)19-13(20)8-10-4-2-1-3-5-10/h6-7,9-10H,1-5,8H2,(H,18,19,20). The molecule has 0 atom stereocenters. The molecule has 20 heavy (non-hydrogen) atoms. The minimum Gasteiger partial charge on any atom is -0.311 e. The molecule has 1 heterocycles. The summed E-state index contributed by atoms with van der Waals surface area (Å²) < 4.78 is 37.6. The lowest BCUT2D eigenvalue weighted by Crippen LogP contribution is -2.19. The van der Waals surface area contributed by atoms with Crippen LogP contribution in [0.2, 0.25) is 0 Å². The molecule has 110 valence electrons. The van der Waals surface area contributed by atoms with Gasteiger partial charge in [-0.3, -0.25) is 4.79 Å². The van der Waals surface area contributed by atoms with Gasteiger partial charge in [0.15, 0.2) is 0 Å². The molecule has 1 fully saturated rings. The number of amides is 1. The highest BCUT2D eigenvalue weighted by Gasteiger charge is 2.30. The zero-order valence-corrected chi connectivity index (χ0v) is 11.0. The Kier molecular flexibility index (Phi) is 4.62. The van der Waals surface area contributed by atoms with Crippen LogP contribution in [0.1, 0.15) is 44.1 Å². The normalized spacial score (nSPS) is 16.9. The van der Waals surface area contributed by atoms with Crippen molar-refractivity contribution in [3.8, 4) is 0 Å². The number of hydrogen-bond donors (Lipinski definition) is 1. The van der Waals surface area contributed by atoms with E-state index in [1.165, 1.54) is 6.42 Å². The van der Waals surface area contributed by atoms with E-state index in [0.29, 0.717) is 12.3 Å². The number of halogens is 3. The van der Waals surface area contributed by atoms with Crippen molar-refractivity contribution in [1.82, 2.24) is 4.98 Å². The molecule has 0 bridgehead atoms. The summed E-state index contributed by atoms with van der Waals surface area (Å²) in [6, 6.07) is 1.75. The molecule has 2 rings (SSSR count). The van der Waals surface area contributed by atoms with Crippen LogP contribution >= 0.6 is 0 Å². The first kappa shape index (κ1) is 14.8. The SMILES string of the molecule is O=C(CC1CCCCC1)Nc1cc(C(F)(F)F)ccn1. The Hall–Kier alpha value is -1.59. The third-order valence-electron chi connectivity index (χ3n) is 3.55. The summed E-state index contributed by atoms with van der Waals surface area (Å²) in [6.07, 6.45) is 2.47. The fourth-order valence-corrected chi connectivity index (χ4v) is 2.52. The highest BCUT2D eigenvalue weighted by Crippen LogP contribution is 2.30. The molecular weight excluding hydrogens is 269 g/mol. The average molecular weight is 286 g/mol. The molecular formula is C14H17F3N2O. The fraction of sp³-hybridized carbons (Fsp3) is 0.571. The van der Waals surface area contributed by atoms with Crippen molar-refractivity contribution in [2.45, 2.75) is 44.7 Å². The Labute approximate surface area is 115 Å². The maximum absolute atomic E-state index is 12.5. The van der Waals surface area contributed by atoms with Gasteiger partial charge in [-0.05, 0) is 30.9 Å². The Morgan fingerprint density at radius 2 is 2.00 bits per heavy atom. The van der Waals surface area contributed by atoms with Crippen molar-refractivity contribution >= 4 is 11.7 Å². The van der Waals surface area contributed by atoms with Crippen LogP contribution in [0.4, 0.5) is 19.0 Å². The fourth-order valence-electron chi connectivity index (χ4n) is 2.52. The van der Waals surface area contributed by atoms with Gasteiger partial charge in [0.05, 0.1) is 5.56 Å². The molecule has 0 aliphatic heterocycles. The highest BCUT2D eigenvalue weighted by atomic mass is 19.4. The molecule has 6 heteroatoms. The lowest BCUT2D eigenvalue weighted by molar-refractivity contribution is -0.137. The van der Waals surface area contributed by atoms with Crippen LogP contribution in [0.25, 0.3) is 0 Å². The van der Waals surface area contributed by atoms with Gasteiger partial charge in [-0.25, -0.2) is 4.98 Å². The van der Waals surface area contributed by atoms with E-state index < -0.39 is 11.7 Å². The van der Waals surface area contributed by atoms with Crippen LogP contribution in [0.5, 0.6) is 0 Å². The van der Waals surface area contributed by atoms with Crippen molar-refractivity contribution in [3.63, 3.8) is 0 Å². The van der Waals surface area contributed by atoms with E-state index >= 15 is 0 Å². The van der Waals surface area contributed by atoms with E-state index in [1.54, 1.807) is 0 Å². The summed E-state index contributed by atoms with van der Waals surface area (Å²) in [5, 5.41) is 2.45. The maximum Gasteiger partial charge on any atom is 0.416 e. The number of anilines is 1. The van der Waals surface area contributed by atoms with Crippen LogP contribution in [0.3, 0.4) is 0 Å². The zero-order valence-electron chi connectivity index (χ0n) is 11.0. The van der Waals surface area contributed by atoms with Crippen molar-refractivity contribution in [2.75, 3.05) is 5.32 Å². The largest absolute Gasteiger partial charge is 0.416 e. The smallest absolute Gasteiger partial charge is 0.311 e. The molecule has 0 unspecified atom stereocenters. The van der Waals surface area contributed by atoms with Gasteiger partial charge in [0.25, 0.3) is 0 Å². The minimum absolute atomic E-state index is 0.0411. The number of rotatable bonds is 3. The Bertz CT molecular complexity index is 468. The number of hydrogen-bond acceptors (Lipinski definition) is 2. The summed E-state index contributed by atoms with van der Waals surface area (Å²) in [6.45, 7) is 0. The number of aromatic nitrogens is 1. The van der Waals surface area contributed by atoms with E-state index in [9.17, 15) is 18.0 Å². The van der Waals surface area contributed by atoms with Gasteiger partial charge < -0.3 is 5.32 Å². The van der Waals surface area contributed by atoms with E-state index in [-0.39, 0.29) is 11.7 Å². The van der Waals surface area contributed by atoms with Gasteiger partial charge in [0, 0.05) is 12.6 Å². The molecule has 1 amide bonds. The van der Waals surface area contributed by atoms with Crippen molar-refractivity contribution < 1.29 is 18.0 Å². The first-order valence-electron chi connectivity index (χ1n) is 6.78. The summed E-state index contributed by atoms with van der Waals surface area (Å²) in [5.41, 5.74) is -0.805. The lowest BCUT2D eigenvalue weighted by Gasteiger charge is -2.20. The predicted octanol–water partition coefficient (Wildman–Crippen LogP) is 4.01. The molecule has 0 radical (unpaired) electrons. The Morgan fingerprint density at radius 1 is 1.30 bits per heavy atom. The van der Waals surface area contributed by atoms with Crippen molar-refractivity contribution in [2.24, 2.45) is 5.92 Å². The molecule has 0 spiro atoms. The maximum atomic E-state index is 12.5. The third-order valence-corrected chi connectivity index (χ3v) is 3.55. The van der Waals surface area contributed by atoms with Gasteiger partial charge in [0.2, 0.25) is 5.91 Å². The van der Waals surface area contributed by atoms with Crippen LogP contribution in [0.15, 0.2) is 18.3 Å². The number of alkyl halides is 3. The summed E-state index contributed by atoms with van der Waals surface area (Å²) in [4.78, 5) is 15.6.